The molecule has 0 radical (unpaired) electrons. The lowest BCUT2D eigenvalue weighted by molar-refractivity contribution is -0.138. The molecule has 5 heteroatoms. The van der Waals surface area contributed by atoms with Crippen molar-refractivity contribution in [2.75, 3.05) is 26.2 Å². The Kier molecular flexibility index (Phi) is 5.79. The van der Waals surface area contributed by atoms with Crippen LogP contribution in [0.15, 0.2) is 53.3 Å². The molecule has 2 fully saturated rings. The van der Waals surface area contributed by atoms with Gasteiger partial charge in [0, 0.05) is 26.2 Å². The first kappa shape index (κ1) is 18.8. The molecule has 4 rings (SSSR count). The van der Waals surface area contributed by atoms with E-state index in [1.54, 1.807) is 11.0 Å². The molecule has 1 aromatic heterocycles. The third-order valence-electron chi connectivity index (χ3n) is 6.12. The third kappa shape index (κ3) is 4.29. The Morgan fingerprint density at radius 1 is 0.964 bits per heavy atom. The molecule has 0 N–H and O–H groups in total. The van der Waals surface area contributed by atoms with Crippen molar-refractivity contribution >= 4 is 11.8 Å². The van der Waals surface area contributed by atoms with Crippen LogP contribution in [0.2, 0.25) is 0 Å². The van der Waals surface area contributed by atoms with E-state index >= 15 is 0 Å². The largest absolute Gasteiger partial charge is 0.472 e. The van der Waals surface area contributed by atoms with Gasteiger partial charge in [0.1, 0.15) is 6.26 Å². The summed E-state index contributed by atoms with van der Waals surface area (Å²) in [6, 6.07) is 12.3. The van der Waals surface area contributed by atoms with Gasteiger partial charge in [-0.25, -0.2) is 0 Å². The number of hydrogen-bond donors (Lipinski definition) is 0. The molecule has 0 spiro atoms. The van der Waals surface area contributed by atoms with Crippen LogP contribution in [0.4, 0.5) is 0 Å². The smallest absolute Gasteiger partial charge is 0.257 e. The number of carbonyl (C=O) groups excluding carboxylic acids is 2. The molecular weight excluding hydrogens is 352 g/mol. The summed E-state index contributed by atoms with van der Waals surface area (Å²) in [5, 5.41) is 0. The Hall–Kier alpha value is -2.56. The number of nitrogens with zero attached hydrogens (tertiary/aromatic N) is 2. The Balaban J connectivity index is 1.29. The summed E-state index contributed by atoms with van der Waals surface area (Å²) in [6.07, 6.45) is 7.96. The average molecular weight is 380 g/mol. The molecule has 28 heavy (non-hydrogen) atoms. The lowest BCUT2D eigenvalue weighted by Gasteiger charge is -2.38. The highest BCUT2D eigenvalue weighted by atomic mass is 16.3. The average Bonchev–Trinajstić information content (AvgIpc) is 3.29. The van der Waals surface area contributed by atoms with Crippen molar-refractivity contribution in [3.05, 3.63) is 60.1 Å². The van der Waals surface area contributed by atoms with E-state index in [0.29, 0.717) is 24.6 Å². The van der Waals surface area contributed by atoms with Gasteiger partial charge in [0.2, 0.25) is 5.91 Å². The van der Waals surface area contributed by atoms with Crippen LogP contribution in [0.1, 0.15) is 41.6 Å². The maximum Gasteiger partial charge on any atom is 0.257 e. The van der Waals surface area contributed by atoms with Crippen LogP contribution in [0.5, 0.6) is 0 Å². The predicted octanol–water partition coefficient (Wildman–Crippen LogP) is 3.61. The summed E-state index contributed by atoms with van der Waals surface area (Å²) < 4.78 is 5.03. The Morgan fingerprint density at radius 3 is 2.46 bits per heavy atom. The second kappa shape index (κ2) is 8.63. The lowest BCUT2D eigenvalue weighted by Crippen LogP contribution is -2.48. The van der Waals surface area contributed by atoms with E-state index < -0.39 is 0 Å². The number of likely N-dealkylation sites (tertiary alicyclic amines) is 2. The van der Waals surface area contributed by atoms with Crippen LogP contribution in [0, 0.1) is 11.8 Å². The molecule has 5 nitrogen and oxygen atoms in total. The summed E-state index contributed by atoms with van der Waals surface area (Å²) in [4.78, 5) is 29.4. The Morgan fingerprint density at radius 2 is 1.75 bits per heavy atom. The molecule has 1 aromatic carbocycles. The number of benzene rings is 1. The quantitative estimate of drug-likeness (QED) is 0.814. The first-order valence-corrected chi connectivity index (χ1v) is 10.3. The van der Waals surface area contributed by atoms with E-state index in [4.69, 9.17) is 4.42 Å². The van der Waals surface area contributed by atoms with Crippen LogP contribution in [-0.2, 0) is 11.2 Å². The van der Waals surface area contributed by atoms with Crippen LogP contribution in [0.3, 0.4) is 0 Å². The number of rotatable bonds is 4. The van der Waals surface area contributed by atoms with Gasteiger partial charge in [0.25, 0.3) is 5.91 Å². The van der Waals surface area contributed by atoms with Crippen molar-refractivity contribution in [2.45, 2.75) is 32.1 Å². The van der Waals surface area contributed by atoms with E-state index in [-0.39, 0.29) is 17.7 Å². The zero-order chi connectivity index (χ0) is 19.3. The minimum absolute atomic E-state index is 0.0344. The lowest BCUT2D eigenvalue weighted by atomic mass is 9.89. The molecule has 0 bridgehead atoms. The molecule has 0 saturated carbocycles. The molecule has 2 amide bonds. The molecule has 2 aliphatic rings. The fraction of sp³-hybridized carbons (Fsp3) is 0.478. The van der Waals surface area contributed by atoms with Gasteiger partial charge in [-0.15, -0.1) is 0 Å². The minimum atomic E-state index is -0.0738. The van der Waals surface area contributed by atoms with Gasteiger partial charge in [-0.2, -0.15) is 0 Å². The van der Waals surface area contributed by atoms with Crippen LogP contribution in [-0.4, -0.2) is 47.8 Å². The summed E-state index contributed by atoms with van der Waals surface area (Å²) in [6.45, 7) is 2.91. The first-order chi connectivity index (χ1) is 13.7. The second-order valence-electron chi connectivity index (χ2n) is 8.06. The predicted molar refractivity (Wildman–Crippen MR) is 107 cm³/mol. The van der Waals surface area contributed by atoms with Crippen LogP contribution >= 0.6 is 0 Å². The molecule has 1 unspecified atom stereocenters. The topological polar surface area (TPSA) is 53.8 Å². The van der Waals surface area contributed by atoms with Crippen molar-refractivity contribution in [1.82, 2.24) is 9.80 Å². The van der Waals surface area contributed by atoms with Gasteiger partial charge in [0.05, 0.1) is 17.7 Å². The molecule has 0 aliphatic carbocycles. The van der Waals surface area contributed by atoms with Gasteiger partial charge >= 0.3 is 0 Å². The normalized spacial score (nSPS) is 20.9. The van der Waals surface area contributed by atoms with Gasteiger partial charge in [-0.3, -0.25) is 9.59 Å². The van der Waals surface area contributed by atoms with Crippen molar-refractivity contribution in [3.8, 4) is 0 Å². The van der Waals surface area contributed by atoms with E-state index in [1.165, 1.54) is 18.1 Å². The van der Waals surface area contributed by atoms with Crippen LogP contribution < -0.4 is 0 Å². The fourth-order valence-electron chi connectivity index (χ4n) is 4.50. The minimum Gasteiger partial charge on any atom is -0.472 e. The van der Waals surface area contributed by atoms with Crippen molar-refractivity contribution in [3.63, 3.8) is 0 Å². The van der Waals surface area contributed by atoms with E-state index in [0.717, 1.165) is 45.2 Å². The summed E-state index contributed by atoms with van der Waals surface area (Å²) in [5.41, 5.74) is 1.95. The third-order valence-corrected chi connectivity index (χ3v) is 6.12. The molecule has 2 aromatic rings. The monoisotopic (exact) mass is 380 g/mol. The molecule has 148 valence electrons. The van der Waals surface area contributed by atoms with Gasteiger partial charge in [-0.05, 0) is 49.7 Å². The van der Waals surface area contributed by atoms with Crippen molar-refractivity contribution < 1.29 is 14.0 Å². The SMILES string of the molecule is O=C(c1ccoc1)N1CCCC(C(=O)N2CCC(Cc3ccccc3)CC2)C1. The number of carbonyl (C=O) groups is 2. The van der Waals surface area contributed by atoms with Crippen molar-refractivity contribution in [2.24, 2.45) is 11.8 Å². The summed E-state index contributed by atoms with van der Waals surface area (Å²) in [7, 11) is 0. The summed E-state index contributed by atoms with van der Waals surface area (Å²) in [5.74, 6) is 0.767. The highest BCUT2D eigenvalue weighted by Gasteiger charge is 2.33. The van der Waals surface area contributed by atoms with E-state index in [1.807, 2.05) is 4.90 Å². The van der Waals surface area contributed by atoms with E-state index in [9.17, 15) is 9.59 Å². The standard InChI is InChI=1S/C23H28N2O3/c26-22(20-7-4-11-25(16-20)23(27)21-10-14-28-17-21)24-12-8-19(9-13-24)15-18-5-2-1-3-6-18/h1-3,5-6,10,14,17,19-20H,4,7-9,11-13,15-16H2. The number of piperidine rings is 2. The first-order valence-electron chi connectivity index (χ1n) is 10.3. The zero-order valence-corrected chi connectivity index (χ0v) is 16.3. The Labute approximate surface area is 166 Å². The summed E-state index contributed by atoms with van der Waals surface area (Å²) >= 11 is 0. The number of amides is 2. The molecule has 1 atom stereocenters. The van der Waals surface area contributed by atoms with Crippen LogP contribution in [0.25, 0.3) is 0 Å². The van der Waals surface area contributed by atoms with Gasteiger partial charge in [0.15, 0.2) is 0 Å². The molecule has 2 aliphatic heterocycles. The highest BCUT2D eigenvalue weighted by molar-refractivity contribution is 5.94. The number of furan rings is 1. The zero-order valence-electron chi connectivity index (χ0n) is 16.3. The maximum atomic E-state index is 13.0. The Bertz CT molecular complexity index is 779. The highest BCUT2D eigenvalue weighted by Crippen LogP contribution is 2.26. The molecule has 2 saturated heterocycles. The van der Waals surface area contributed by atoms with E-state index in [2.05, 4.69) is 30.3 Å². The fourth-order valence-corrected chi connectivity index (χ4v) is 4.50. The van der Waals surface area contributed by atoms with Crippen molar-refractivity contribution in [1.29, 1.82) is 0 Å². The van der Waals surface area contributed by atoms with Gasteiger partial charge < -0.3 is 14.2 Å². The maximum absolute atomic E-state index is 13.0. The van der Waals surface area contributed by atoms with Gasteiger partial charge in [-0.1, -0.05) is 30.3 Å². The molecule has 3 heterocycles. The number of hydrogen-bond acceptors (Lipinski definition) is 3. The molecular formula is C23H28N2O3. The second-order valence-corrected chi connectivity index (χ2v) is 8.06.